The molecule has 0 atom stereocenters. The van der Waals surface area contributed by atoms with Gasteiger partial charge in [-0.05, 0) is 36.8 Å². The first-order valence-electron chi connectivity index (χ1n) is 10.5. The fourth-order valence-corrected chi connectivity index (χ4v) is 4.21. The maximum absolute atomic E-state index is 6.08. The molecule has 150 valence electrons. The molecule has 4 rings (SSSR count). The highest BCUT2D eigenvalue weighted by Gasteiger charge is 2.08. The summed E-state index contributed by atoms with van der Waals surface area (Å²) in [5, 5.41) is 7.46. The molecule has 4 aromatic rings. The Morgan fingerprint density at radius 2 is 1.93 bits per heavy atom. The van der Waals surface area contributed by atoms with Gasteiger partial charge in [0.1, 0.15) is 11.3 Å². The van der Waals surface area contributed by atoms with Crippen molar-refractivity contribution in [2.45, 2.75) is 51.9 Å². The first-order valence-corrected chi connectivity index (χ1v) is 11.4. The van der Waals surface area contributed by atoms with Gasteiger partial charge in [-0.3, -0.25) is 4.98 Å². The van der Waals surface area contributed by atoms with Crippen molar-refractivity contribution in [2.75, 3.05) is 5.32 Å². The second-order valence-electron chi connectivity index (χ2n) is 7.39. The van der Waals surface area contributed by atoms with Crippen molar-refractivity contribution in [3.63, 3.8) is 0 Å². The minimum Gasteiger partial charge on any atom is -0.461 e. The van der Waals surface area contributed by atoms with Crippen LogP contribution in [0.25, 0.3) is 22.2 Å². The van der Waals surface area contributed by atoms with Gasteiger partial charge in [-0.15, -0.1) is 11.3 Å². The molecule has 0 saturated heterocycles. The Morgan fingerprint density at radius 3 is 2.79 bits per heavy atom. The lowest BCUT2D eigenvalue weighted by Crippen LogP contribution is -1.89. The quantitative estimate of drug-likeness (QED) is 0.276. The van der Waals surface area contributed by atoms with Gasteiger partial charge >= 0.3 is 0 Å². The van der Waals surface area contributed by atoms with E-state index in [0.29, 0.717) is 0 Å². The molecule has 0 saturated carbocycles. The zero-order valence-corrected chi connectivity index (χ0v) is 17.7. The number of nitrogens with one attached hydrogen (secondary N) is 1. The number of aryl methyl sites for hydroxylation is 1. The van der Waals surface area contributed by atoms with Crippen LogP contribution in [-0.4, -0.2) is 9.97 Å². The van der Waals surface area contributed by atoms with Crippen molar-refractivity contribution in [3.8, 4) is 11.3 Å². The average molecular weight is 406 g/mol. The van der Waals surface area contributed by atoms with Crippen LogP contribution < -0.4 is 5.32 Å². The van der Waals surface area contributed by atoms with Crippen LogP contribution in [0.2, 0.25) is 0 Å². The Labute approximate surface area is 176 Å². The van der Waals surface area contributed by atoms with E-state index in [-0.39, 0.29) is 0 Å². The van der Waals surface area contributed by atoms with E-state index in [1.165, 1.54) is 38.5 Å². The summed E-state index contributed by atoms with van der Waals surface area (Å²) >= 11 is 1.59. The molecule has 0 amide bonds. The minimum absolute atomic E-state index is 0.863. The normalized spacial score (nSPS) is 11.2. The molecular weight excluding hydrogens is 378 g/mol. The average Bonchev–Trinajstić information content (AvgIpc) is 3.38. The van der Waals surface area contributed by atoms with Crippen molar-refractivity contribution >= 4 is 33.1 Å². The molecule has 0 bridgehead atoms. The van der Waals surface area contributed by atoms with Crippen molar-refractivity contribution in [1.82, 2.24) is 9.97 Å². The zero-order valence-electron chi connectivity index (χ0n) is 16.9. The lowest BCUT2D eigenvalue weighted by atomic mass is 10.1. The monoisotopic (exact) mass is 405 g/mol. The number of hydrogen-bond acceptors (Lipinski definition) is 5. The largest absolute Gasteiger partial charge is 0.461 e. The number of furan rings is 1. The Bertz CT molecular complexity index is 1040. The van der Waals surface area contributed by atoms with Crippen LogP contribution in [0.4, 0.5) is 10.8 Å². The van der Waals surface area contributed by atoms with E-state index in [4.69, 9.17) is 4.42 Å². The van der Waals surface area contributed by atoms with Gasteiger partial charge in [-0.1, -0.05) is 39.0 Å². The lowest BCUT2D eigenvalue weighted by molar-refractivity contribution is 0.522. The number of pyridine rings is 1. The zero-order chi connectivity index (χ0) is 19.9. The molecule has 0 spiro atoms. The Kier molecular flexibility index (Phi) is 6.57. The summed E-state index contributed by atoms with van der Waals surface area (Å²) in [6.45, 7) is 2.26. The highest BCUT2D eigenvalue weighted by Crippen LogP contribution is 2.29. The van der Waals surface area contributed by atoms with E-state index >= 15 is 0 Å². The van der Waals surface area contributed by atoms with Crippen LogP contribution in [0.3, 0.4) is 0 Å². The van der Waals surface area contributed by atoms with Crippen molar-refractivity contribution in [2.24, 2.45) is 0 Å². The number of hydrogen-bond donors (Lipinski definition) is 1. The fraction of sp³-hybridized carbons (Fsp3) is 0.333. The molecule has 0 aliphatic heterocycles. The standard InChI is InChI=1S/C24H27N3OS/c1-2-3-4-5-6-7-10-21-14-18-11-12-20(15-23(18)28-21)26-24-27-22(17-29-24)19-9-8-13-25-16-19/h8-9,11-17H,2-7,10H2,1H3,(H,26,27). The molecule has 5 heteroatoms. The second kappa shape index (κ2) is 9.70. The van der Waals surface area contributed by atoms with Gasteiger partial charge in [0.15, 0.2) is 5.13 Å². The Hall–Kier alpha value is -2.66. The summed E-state index contributed by atoms with van der Waals surface area (Å²) in [4.78, 5) is 8.83. The molecule has 0 aliphatic carbocycles. The minimum atomic E-state index is 0.863. The van der Waals surface area contributed by atoms with E-state index in [0.717, 1.165) is 45.2 Å². The molecule has 0 radical (unpaired) electrons. The molecular formula is C24H27N3OS. The van der Waals surface area contributed by atoms with Crippen LogP contribution in [0, 0.1) is 0 Å². The number of fused-ring (bicyclic) bond motifs is 1. The highest BCUT2D eigenvalue weighted by atomic mass is 32.1. The van der Waals surface area contributed by atoms with Crippen molar-refractivity contribution in [3.05, 3.63) is 59.9 Å². The van der Waals surface area contributed by atoms with Gasteiger partial charge in [0.25, 0.3) is 0 Å². The first kappa shape index (κ1) is 19.6. The van der Waals surface area contributed by atoms with E-state index in [1.807, 2.05) is 23.7 Å². The number of thiazole rings is 1. The van der Waals surface area contributed by atoms with E-state index in [2.05, 4.69) is 46.5 Å². The molecule has 3 heterocycles. The predicted octanol–water partition coefficient (Wildman–Crippen LogP) is 7.60. The number of aromatic nitrogens is 2. The van der Waals surface area contributed by atoms with Crippen molar-refractivity contribution in [1.29, 1.82) is 0 Å². The summed E-state index contributed by atoms with van der Waals surface area (Å²) in [6.07, 6.45) is 12.4. The van der Waals surface area contributed by atoms with Crippen LogP contribution in [-0.2, 0) is 6.42 Å². The van der Waals surface area contributed by atoms with Gasteiger partial charge in [0.05, 0.1) is 5.69 Å². The summed E-state index contributed by atoms with van der Waals surface area (Å²) in [5.74, 6) is 1.08. The van der Waals surface area contributed by atoms with Crippen molar-refractivity contribution < 1.29 is 4.42 Å². The predicted molar refractivity (Wildman–Crippen MR) is 122 cm³/mol. The maximum Gasteiger partial charge on any atom is 0.187 e. The van der Waals surface area contributed by atoms with Gasteiger partial charge in [0.2, 0.25) is 0 Å². The van der Waals surface area contributed by atoms with E-state index < -0.39 is 0 Å². The summed E-state index contributed by atoms with van der Waals surface area (Å²) in [7, 11) is 0. The summed E-state index contributed by atoms with van der Waals surface area (Å²) in [5.41, 5.74) is 3.88. The van der Waals surface area contributed by atoms with Gasteiger partial charge < -0.3 is 9.73 Å². The third-order valence-electron chi connectivity index (χ3n) is 5.06. The Balaban J connectivity index is 1.37. The molecule has 0 aliphatic rings. The second-order valence-corrected chi connectivity index (χ2v) is 8.25. The molecule has 3 aromatic heterocycles. The smallest absolute Gasteiger partial charge is 0.187 e. The molecule has 0 unspecified atom stereocenters. The van der Waals surface area contributed by atoms with E-state index in [1.54, 1.807) is 17.5 Å². The first-order chi connectivity index (χ1) is 14.3. The SMILES string of the molecule is CCCCCCCCc1cc2ccc(Nc3nc(-c4cccnc4)cs3)cc2o1. The van der Waals surface area contributed by atoms with Crippen LogP contribution in [0.5, 0.6) is 0 Å². The molecule has 0 fully saturated rings. The number of nitrogens with zero attached hydrogens (tertiary/aromatic N) is 2. The third-order valence-corrected chi connectivity index (χ3v) is 5.82. The topological polar surface area (TPSA) is 51.0 Å². The maximum atomic E-state index is 6.08. The van der Waals surface area contributed by atoms with Crippen LogP contribution in [0.1, 0.15) is 51.2 Å². The third kappa shape index (κ3) is 5.24. The lowest BCUT2D eigenvalue weighted by Gasteiger charge is -2.02. The number of anilines is 2. The summed E-state index contributed by atoms with van der Waals surface area (Å²) in [6, 6.07) is 12.4. The van der Waals surface area contributed by atoms with Gasteiger partial charge in [-0.25, -0.2) is 4.98 Å². The van der Waals surface area contributed by atoms with E-state index in [9.17, 15) is 0 Å². The summed E-state index contributed by atoms with van der Waals surface area (Å²) < 4.78 is 6.08. The number of benzene rings is 1. The van der Waals surface area contributed by atoms with Crippen LogP contribution >= 0.6 is 11.3 Å². The molecule has 29 heavy (non-hydrogen) atoms. The molecule has 4 nitrogen and oxygen atoms in total. The number of rotatable bonds is 10. The van der Waals surface area contributed by atoms with Gasteiger partial charge in [0, 0.05) is 46.9 Å². The molecule has 1 aromatic carbocycles. The highest BCUT2D eigenvalue weighted by molar-refractivity contribution is 7.14. The Morgan fingerprint density at radius 1 is 1.03 bits per heavy atom. The fourth-order valence-electron chi connectivity index (χ4n) is 3.47. The van der Waals surface area contributed by atoms with Gasteiger partial charge in [-0.2, -0.15) is 0 Å². The van der Waals surface area contributed by atoms with Crippen LogP contribution in [0.15, 0.2) is 58.6 Å². The number of unbranched alkanes of at least 4 members (excludes halogenated alkanes) is 5. The molecule has 1 N–H and O–H groups in total.